The molecule has 4 aromatic rings. The smallest absolute Gasteiger partial charge is 0.291 e. The van der Waals surface area contributed by atoms with Gasteiger partial charge in [0.15, 0.2) is 16.4 Å². The SMILES string of the molecule is COc1cccc(Cn2ncc3c4sc(C(C)=O)nc4n(C)c3c2=O)c1. The number of aryl methyl sites for hydroxylation is 1. The fraction of sp³-hybridized carbons (Fsp3) is 0.222. The van der Waals surface area contributed by atoms with Gasteiger partial charge in [0, 0.05) is 19.4 Å². The molecular formula is C18H16N4O3S. The number of hydrogen-bond acceptors (Lipinski definition) is 6. The Bertz CT molecular complexity index is 1220. The maximum absolute atomic E-state index is 13.0. The Hall–Kier alpha value is -3.00. The van der Waals surface area contributed by atoms with Crippen molar-refractivity contribution < 1.29 is 9.53 Å². The van der Waals surface area contributed by atoms with Gasteiger partial charge in [0.2, 0.25) is 0 Å². The number of hydrogen-bond donors (Lipinski definition) is 0. The molecule has 0 unspecified atom stereocenters. The van der Waals surface area contributed by atoms with Gasteiger partial charge in [0.1, 0.15) is 11.3 Å². The molecule has 8 heteroatoms. The summed E-state index contributed by atoms with van der Waals surface area (Å²) in [5, 5.41) is 5.48. The quantitative estimate of drug-likeness (QED) is 0.517. The molecule has 0 fully saturated rings. The van der Waals surface area contributed by atoms with Crippen LogP contribution < -0.4 is 10.3 Å². The fourth-order valence-electron chi connectivity index (χ4n) is 3.00. The molecule has 7 nitrogen and oxygen atoms in total. The van der Waals surface area contributed by atoms with E-state index >= 15 is 0 Å². The van der Waals surface area contributed by atoms with Crippen LogP contribution in [0.5, 0.6) is 5.75 Å². The fourth-order valence-corrected chi connectivity index (χ4v) is 4.00. The summed E-state index contributed by atoms with van der Waals surface area (Å²) < 4.78 is 9.20. The zero-order valence-electron chi connectivity index (χ0n) is 14.5. The molecule has 0 aliphatic carbocycles. The molecule has 3 aromatic heterocycles. The van der Waals surface area contributed by atoms with Gasteiger partial charge in [0.25, 0.3) is 5.56 Å². The van der Waals surface area contributed by atoms with Crippen LogP contribution >= 0.6 is 11.3 Å². The number of ether oxygens (including phenoxy) is 1. The monoisotopic (exact) mass is 368 g/mol. The Balaban J connectivity index is 1.85. The number of benzene rings is 1. The van der Waals surface area contributed by atoms with Crippen LogP contribution in [-0.4, -0.2) is 32.2 Å². The van der Waals surface area contributed by atoms with E-state index in [1.165, 1.54) is 22.9 Å². The summed E-state index contributed by atoms with van der Waals surface area (Å²) in [6.07, 6.45) is 1.67. The standard InChI is InChI=1S/C18H16N4O3S/c1-10(23)17-20-16-15(26-17)13-8-19-22(18(24)14(13)21(16)2)9-11-5-4-6-12(7-11)25-3/h4-8H,9H2,1-3H3. The van der Waals surface area contributed by atoms with Crippen LogP contribution in [0, 0.1) is 0 Å². The van der Waals surface area contributed by atoms with E-state index in [4.69, 9.17) is 4.74 Å². The van der Waals surface area contributed by atoms with Crippen molar-refractivity contribution in [3.8, 4) is 5.75 Å². The molecule has 0 spiro atoms. The molecule has 26 heavy (non-hydrogen) atoms. The lowest BCUT2D eigenvalue weighted by molar-refractivity contribution is 0.101. The Kier molecular flexibility index (Phi) is 3.84. The van der Waals surface area contributed by atoms with E-state index in [1.807, 2.05) is 24.3 Å². The highest BCUT2D eigenvalue weighted by Gasteiger charge is 2.19. The number of Topliss-reactive ketones (excluding diaryl/α,β-unsaturated/α-hetero) is 1. The summed E-state index contributed by atoms with van der Waals surface area (Å²) >= 11 is 1.29. The second-order valence-corrected chi connectivity index (χ2v) is 7.01. The lowest BCUT2D eigenvalue weighted by Gasteiger charge is -2.07. The number of thiazole rings is 1. The van der Waals surface area contributed by atoms with E-state index in [9.17, 15) is 9.59 Å². The number of carbonyl (C=O) groups excluding carboxylic acids is 1. The van der Waals surface area contributed by atoms with Crippen molar-refractivity contribution >= 4 is 38.4 Å². The second-order valence-electron chi connectivity index (χ2n) is 6.01. The molecule has 1 aromatic carbocycles. The Labute approximate surface area is 152 Å². The van der Waals surface area contributed by atoms with E-state index in [1.54, 1.807) is 24.9 Å². The third-order valence-electron chi connectivity index (χ3n) is 4.29. The molecule has 132 valence electrons. The lowest BCUT2D eigenvalue weighted by Crippen LogP contribution is -2.24. The van der Waals surface area contributed by atoms with Crippen molar-refractivity contribution in [3.63, 3.8) is 0 Å². The summed E-state index contributed by atoms with van der Waals surface area (Å²) in [4.78, 5) is 28.9. The van der Waals surface area contributed by atoms with E-state index in [0.717, 1.165) is 21.4 Å². The molecule has 4 rings (SSSR count). The van der Waals surface area contributed by atoms with Crippen LogP contribution in [0.3, 0.4) is 0 Å². The van der Waals surface area contributed by atoms with Crippen LogP contribution in [0.4, 0.5) is 0 Å². The van der Waals surface area contributed by atoms with Gasteiger partial charge in [-0.3, -0.25) is 9.59 Å². The molecule has 0 atom stereocenters. The molecule has 0 amide bonds. The van der Waals surface area contributed by atoms with E-state index in [2.05, 4.69) is 10.1 Å². The molecule has 0 radical (unpaired) electrons. The van der Waals surface area contributed by atoms with Gasteiger partial charge >= 0.3 is 0 Å². The van der Waals surface area contributed by atoms with Crippen molar-refractivity contribution in [2.45, 2.75) is 13.5 Å². The Morgan fingerprint density at radius 2 is 2.15 bits per heavy atom. The van der Waals surface area contributed by atoms with Crippen LogP contribution in [-0.2, 0) is 13.6 Å². The first-order valence-corrected chi connectivity index (χ1v) is 8.80. The second kappa shape index (κ2) is 6.06. The summed E-state index contributed by atoms with van der Waals surface area (Å²) in [6, 6.07) is 7.53. The minimum Gasteiger partial charge on any atom is -0.497 e. The zero-order valence-corrected chi connectivity index (χ0v) is 15.3. The number of carbonyl (C=O) groups is 1. The highest BCUT2D eigenvalue weighted by Crippen LogP contribution is 2.30. The summed E-state index contributed by atoms with van der Waals surface area (Å²) in [7, 11) is 3.39. The molecule has 0 aliphatic heterocycles. The predicted molar refractivity (Wildman–Crippen MR) is 100 cm³/mol. The van der Waals surface area contributed by atoms with Crippen molar-refractivity contribution in [3.05, 3.63) is 51.4 Å². The number of ketones is 1. The van der Waals surface area contributed by atoms with Gasteiger partial charge in [-0.25, -0.2) is 9.67 Å². The number of nitrogens with zero attached hydrogens (tertiary/aromatic N) is 4. The maximum atomic E-state index is 13.0. The van der Waals surface area contributed by atoms with Crippen LogP contribution in [0.15, 0.2) is 35.3 Å². The van der Waals surface area contributed by atoms with Gasteiger partial charge in [0.05, 0.1) is 24.6 Å². The van der Waals surface area contributed by atoms with Crippen LogP contribution in [0.1, 0.15) is 22.3 Å². The van der Waals surface area contributed by atoms with Gasteiger partial charge < -0.3 is 9.30 Å². The number of aromatic nitrogens is 4. The largest absolute Gasteiger partial charge is 0.497 e. The average molecular weight is 368 g/mol. The minimum atomic E-state index is -0.192. The molecule has 0 saturated heterocycles. The topological polar surface area (TPSA) is 79.0 Å². The Morgan fingerprint density at radius 1 is 1.35 bits per heavy atom. The average Bonchev–Trinajstić information content (AvgIpc) is 3.18. The van der Waals surface area contributed by atoms with E-state index in [-0.39, 0.29) is 11.3 Å². The molecular weight excluding hydrogens is 352 g/mol. The Morgan fingerprint density at radius 3 is 2.88 bits per heavy atom. The first-order valence-electron chi connectivity index (χ1n) is 7.98. The first-order chi connectivity index (χ1) is 12.5. The number of rotatable bonds is 4. The van der Waals surface area contributed by atoms with Crippen molar-refractivity contribution in [2.24, 2.45) is 7.05 Å². The predicted octanol–water partition coefficient (Wildman–Crippen LogP) is 2.60. The van der Waals surface area contributed by atoms with Crippen molar-refractivity contribution in [1.82, 2.24) is 19.3 Å². The van der Waals surface area contributed by atoms with Crippen LogP contribution in [0.25, 0.3) is 21.3 Å². The third kappa shape index (κ3) is 2.50. The van der Waals surface area contributed by atoms with Gasteiger partial charge in [-0.15, -0.1) is 11.3 Å². The summed E-state index contributed by atoms with van der Waals surface area (Å²) in [6.45, 7) is 1.83. The van der Waals surface area contributed by atoms with Crippen molar-refractivity contribution in [1.29, 1.82) is 0 Å². The van der Waals surface area contributed by atoms with E-state index in [0.29, 0.717) is 22.7 Å². The summed E-state index contributed by atoms with van der Waals surface area (Å²) in [5.41, 5.74) is 1.90. The highest BCUT2D eigenvalue weighted by atomic mass is 32.1. The van der Waals surface area contributed by atoms with Crippen molar-refractivity contribution in [2.75, 3.05) is 7.11 Å². The number of methoxy groups -OCH3 is 1. The zero-order chi connectivity index (χ0) is 18.4. The molecule has 0 bridgehead atoms. The highest BCUT2D eigenvalue weighted by molar-refractivity contribution is 7.21. The molecule has 0 aliphatic rings. The van der Waals surface area contributed by atoms with Gasteiger partial charge in [-0.1, -0.05) is 12.1 Å². The first kappa shape index (κ1) is 16.5. The van der Waals surface area contributed by atoms with Crippen LogP contribution in [0.2, 0.25) is 0 Å². The third-order valence-corrected chi connectivity index (χ3v) is 5.47. The number of fused-ring (bicyclic) bond motifs is 3. The van der Waals surface area contributed by atoms with Gasteiger partial charge in [-0.2, -0.15) is 5.10 Å². The minimum absolute atomic E-state index is 0.0846. The maximum Gasteiger partial charge on any atom is 0.291 e. The molecule has 0 saturated carbocycles. The lowest BCUT2D eigenvalue weighted by atomic mass is 10.2. The normalized spacial score (nSPS) is 11.3. The molecule has 3 heterocycles. The van der Waals surface area contributed by atoms with Gasteiger partial charge in [-0.05, 0) is 17.7 Å². The molecule has 0 N–H and O–H groups in total. The van der Waals surface area contributed by atoms with E-state index < -0.39 is 0 Å². The summed E-state index contributed by atoms with van der Waals surface area (Å²) in [5.74, 6) is 0.649.